The van der Waals surface area contributed by atoms with Crippen molar-refractivity contribution in [3.63, 3.8) is 0 Å². The first-order chi connectivity index (χ1) is 6.27. The first kappa shape index (κ1) is 9.10. The number of thioether (sulfide) groups is 1. The zero-order valence-corrected chi connectivity index (χ0v) is 8.84. The molecule has 0 aliphatic carbocycles. The molecule has 1 fully saturated rings. The smallest absolute Gasteiger partial charge is 0.0512 e. The summed E-state index contributed by atoms with van der Waals surface area (Å²) in [5.41, 5.74) is 1.44. The first-order valence-corrected chi connectivity index (χ1v) is 5.68. The van der Waals surface area contributed by atoms with Gasteiger partial charge in [-0.15, -0.1) is 11.8 Å². The predicted molar refractivity (Wildman–Crippen MR) is 58.8 cm³/mol. The van der Waals surface area contributed by atoms with Gasteiger partial charge in [-0.2, -0.15) is 0 Å². The zero-order valence-electron chi connectivity index (χ0n) is 8.03. The minimum atomic E-state index is 0.584. The molecule has 1 aliphatic rings. The van der Waals surface area contributed by atoms with E-state index in [0.29, 0.717) is 16.7 Å². The van der Waals surface area contributed by atoms with Crippen LogP contribution in [0.4, 0.5) is 0 Å². The maximum atomic E-state index is 3.53. The summed E-state index contributed by atoms with van der Waals surface area (Å²) >= 11 is 2.02. The highest BCUT2D eigenvalue weighted by Gasteiger charge is 2.29. The van der Waals surface area contributed by atoms with Crippen molar-refractivity contribution in [2.24, 2.45) is 0 Å². The van der Waals surface area contributed by atoms with E-state index in [2.05, 4.69) is 49.5 Å². The standard InChI is InChI=1S/C11H15NS/c1-8-11(13-9(2)12-8)10-6-4-3-5-7-10/h3-9,11-12H,1-2H3/t8-,9-,11-/m1/s1. The van der Waals surface area contributed by atoms with Crippen LogP contribution in [0.3, 0.4) is 0 Å². The van der Waals surface area contributed by atoms with Gasteiger partial charge in [0.1, 0.15) is 0 Å². The molecule has 13 heavy (non-hydrogen) atoms. The Balaban J connectivity index is 2.18. The average Bonchev–Trinajstić information content (AvgIpc) is 2.47. The molecule has 0 spiro atoms. The fraction of sp³-hybridized carbons (Fsp3) is 0.455. The Bertz CT molecular complexity index is 273. The highest BCUT2D eigenvalue weighted by atomic mass is 32.2. The molecule has 1 N–H and O–H groups in total. The normalized spacial score (nSPS) is 33.5. The topological polar surface area (TPSA) is 12.0 Å². The molecule has 0 bridgehead atoms. The minimum Gasteiger partial charge on any atom is -0.302 e. The van der Waals surface area contributed by atoms with Crippen LogP contribution in [0.15, 0.2) is 30.3 Å². The summed E-state index contributed by atoms with van der Waals surface area (Å²) in [6.45, 7) is 4.48. The molecule has 0 aromatic heterocycles. The summed E-state index contributed by atoms with van der Waals surface area (Å²) in [5.74, 6) is 0. The molecule has 1 nitrogen and oxygen atoms in total. The van der Waals surface area contributed by atoms with Crippen molar-refractivity contribution >= 4 is 11.8 Å². The maximum absolute atomic E-state index is 3.53. The van der Waals surface area contributed by atoms with E-state index in [1.165, 1.54) is 5.56 Å². The number of rotatable bonds is 1. The molecular weight excluding hydrogens is 178 g/mol. The van der Waals surface area contributed by atoms with E-state index in [-0.39, 0.29) is 0 Å². The second-order valence-electron chi connectivity index (χ2n) is 3.56. The van der Waals surface area contributed by atoms with Gasteiger partial charge in [-0.1, -0.05) is 30.3 Å². The molecule has 70 valence electrons. The summed E-state index contributed by atoms with van der Waals surface area (Å²) in [5, 5.41) is 4.73. The maximum Gasteiger partial charge on any atom is 0.0512 e. The van der Waals surface area contributed by atoms with E-state index in [0.717, 1.165) is 0 Å². The SMILES string of the molecule is C[C@@H]1N[C@H](C)[C@H](c2ccccc2)S1. The van der Waals surface area contributed by atoms with Crippen molar-refractivity contribution in [1.82, 2.24) is 5.32 Å². The summed E-state index contributed by atoms with van der Waals surface area (Å²) in [7, 11) is 0. The van der Waals surface area contributed by atoms with Crippen molar-refractivity contribution in [1.29, 1.82) is 0 Å². The van der Waals surface area contributed by atoms with E-state index in [1.807, 2.05) is 11.8 Å². The molecule has 0 saturated carbocycles. The van der Waals surface area contributed by atoms with Gasteiger partial charge < -0.3 is 5.32 Å². The molecule has 3 atom stereocenters. The monoisotopic (exact) mass is 193 g/mol. The summed E-state index contributed by atoms with van der Waals surface area (Å²) in [6, 6.07) is 11.3. The number of hydrogen-bond acceptors (Lipinski definition) is 2. The molecule has 1 aromatic carbocycles. The third-order valence-corrected chi connectivity index (χ3v) is 3.95. The van der Waals surface area contributed by atoms with Crippen LogP contribution in [0.1, 0.15) is 24.7 Å². The van der Waals surface area contributed by atoms with Crippen LogP contribution in [0, 0.1) is 0 Å². The number of benzene rings is 1. The van der Waals surface area contributed by atoms with E-state index >= 15 is 0 Å². The van der Waals surface area contributed by atoms with Crippen molar-refractivity contribution in [3.8, 4) is 0 Å². The molecule has 2 rings (SSSR count). The Morgan fingerprint density at radius 3 is 2.38 bits per heavy atom. The predicted octanol–water partition coefficient (Wildman–Crippen LogP) is 2.80. The third kappa shape index (κ3) is 1.89. The molecule has 0 amide bonds. The van der Waals surface area contributed by atoms with Crippen LogP contribution in [0.25, 0.3) is 0 Å². The van der Waals surface area contributed by atoms with E-state index < -0.39 is 0 Å². The highest BCUT2D eigenvalue weighted by Crippen LogP contribution is 2.39. The number of hydrogen-bond donors (Lipinski definition) is 1. The highest BCUT2D eigenvalue weighted by molar-refractivity contribution is 8.00. The van der Waals surface area contributed by atoms with Gasteiger partial charge in [0.15, 0.2) is 0 Å². The molecule has 1 saturated heterocycles. The lowest BCUT2D eigenvalue weighted by Crippen LogP contribution is -2.25. The molecule has 1 heterocycles. The van der Waals surface area contributed by atoms with E-state index in [1.54, 1.807) is 0 Å². The second-order valence-corrected chi connectivity index (χ2v) is 5.05. The van der Waals surface area contributed by atoms with Gasteiger partial charge >= 0.3 is 0 Å². The molecule has 0 radical (unpaired) electrons. The quantitative estimate of drug-likeness (QED) is 0.736. The van der Waals surface area contributed by atoms with Crippen molar-refractivity contribution in [2.45, 2.75) is 30.5 Å². The minimum absolute atomic E-state index is 0.584. The Morgan fingerprint density at radius 1 is 1.15 bits per heavy atom. The lowest BCUT2D eigenvalue weighted by Gasteiger charge is -2.13. The lowest BCUT2D eigenvalue weighted by atomic mass is 10.1. The zero-order chi connectivity index (χ0) is 9.26. The van der Waals surface area contributed by atoms with Gasteiger partial charge in [0.25, 0.3) is 0 Å². The van der Waals surface area contributed by atoms with Gasteiger partial charge in [0.2, 0.25) is 0 Å². The molecule has 1 aliphatic heterocycles. The van der Waals surface area contributed by atoms with Crippen molar-refractivity contribution in [3.05, 3.63) is 35.9 Å². The van der Waals surface area contributed by atoms with E-state index in [4.69, 9.17) is 0 Å². The second kappa shape index (κ2) is 3.72. The lowest BCUT2D eigenvalue weighted by molar-refractivity contribution is 0.575. The van der Waals surface area contributed by atoms with Gasteiger partial charge in [0, 0.05) is 11.3 Å². The summed E-state index contributed by atoms with van der Waals surface area (Å²) in [6.07, 6.45) is 0. The average molecular weight is 193 g/mol. The van der Waals surface area contributed by atoms with Crippen molar-refractivity contribution in [2.75, 3.05) is 0 Å². The largest absolute Gasteiger partial charge is 0.302 e. The van der Waals surface area contributed by atoms with Gasteiger partial charge in [-0.25, -0.2) is 0 Å². The Labute approximate surface area is 83.9 Å². The third-order valence-electron chi connectivity index (χ3n) is 2.43. The fourth-order valence-corrected chi connectivity index (χ4v) is 3.21. The molecule has 1 aromatic rings. The Morgan fingerprint density at radius 2 is 1.85 bits per heavy atom. The fourth-order valence-electron chi connectivity index (χ4n) is 1.84. The van der Waals surface area contributed by atoms with E-state index in [9.17, 15) is 0 Å². The molecule has 0 unspecified atom stereocenters. The van der Waals surface area contributed by atoms with Crippen LogP contribution in [0.2, 0.25) is 0 Å². The van der Waals surface area contributed by atoms with Crippen LogP contribution in [0.5, 0.6) is 0 Å². The number of nitrogens with one attached hydrogen (secondary N) is 1. The Kier molecular flexibility index (Phi) is 2.61. The van der Waals surface area contributed by atoms with Crippen LogP contribution >= 0.6 is 11.8 Å². The van der Waals surface area contributed by atoms with Gasteiger partial charge in [-0.3, -0.25) is 0 Å². The van der Waals surface area contributed by atoms with Crippen LogP contribution in [-0.4, -0.2) is 11.4 Å². The van der Waals surface area contributed by atoms with Gasteiger partial charge in [-0.05, 0) is 19.4 Å². The van der Waals surface area contributed by atoms with Crippen LogP contribution < -0.4 is 5.32 Å². The first-order valence-electron chi connectivity index (χ1n) is 4.74. The molecule has 2 heteroatoms. The summed E-state index contributed by atoms with van der Waals surface area (Å²) < 4.78 is 0. The van der Waals surface area contributed by atoms with Gasteiger partial charge in [0.05, 0.1) is 5.37 Å². The Hall–Kier alpha value is -0.470. The van der Waals surface area contributed by atoms with Crippen LogP contribution in [-0.2, 0) is 0 Å². The molecular formula is C11H15NS. The van der Waals surface area contributed by atoms with Crippen molar-refractivity contribution < 1.29 is 0 Å². The summed E-state index contributed by atoms with van der Waals surface area (Å²) in [4.78, 5) is 0.